The normalized spacial score (nSPS) is 26.3. The maximum absolute atomic E-state index is 11.8. The summed E-state index contributed by atoms with van der Waals surface area (Å²) < 4.78 is 11.8. The lowest BCUT2D eigenvalue weighted by Gasteiger charge is -2.27. The number of hydrogen-bond donors (Lipinski definition) is 2. The Kier molecular flexibility index (Phi) is 6.20. The van der Waals surface area contributed by atoms with Crippen molar-refractivity contribution in [2.45, 2.75) is 32.0 Å². The number of hydrogen-bond acceptors (Lipinski definition) is 4. The van der Waals surface area contributed by atoms with E-state index in [-0.39, 0.29) is 6.17 Å². The third-order valence-electron chi connectivity index (χ3n) is 2.91. The van der Waals surface area contributed by atoms with E-state index in [1.165, 1.54) is 6.42 Å². The third-order valence-corrected chi connectivity index (χ3v) is 4.23. The zero-order chi connectivity index (χ0) is 12.0. The summed E-state index contributed by atoms with van der Waals surface area (Å²) in [6.07, 6.45) is 6.12. The highest BCUT2D eigenvalue weighted by molar-refractivity contribution is 7.85. The summed E-state index contributed by atoms with van der Waals surface area (Å²) in [5.41, 5.74) is 11.2. The molecule has 0 bridgehead atoms. The molecule has 1 aliphatic rings. The highest BCUT2D eigenvalue weighted by Crippen LogP contribution is 2.19. The summed E-state index contributed by atoms with van der Waals surface area (Å²) in [6, 6.07) is 0.395. The second-order valence-corrected chi connectivity index (χ2v) is 5.80. The number of rotatable bonds is 6. The van der Waals surface area contributed by atoms with Crippen LogP contribution < -0.4 is 11.5 Å². The van der Waals surface area contributed by atoms with Gasteiger partial charge in [-0.15, -0.1) is 0 Å². The van der Waals surface area contributed by atoms with Crippen LogP contribution in [0.2, 0.25) is 0 Å². The summed E-state index contributed by atoms with van der Waals surface area (Å²) in [5, 5.41) is 0. The predicted molar refractivity (Wildman–Crippen MR) is 69.4 cm³/mol. The van der Waals surface area contributed by atoms with Gasteiger partial charge in [-0.1, -0.05) is 12.2 Å². The predicted octanol–water partition coefficient (Wildman–Crippen LogP) is 0.0191. The molecule has 3 unspecified atom stereocenters. The van der Waals surface area contributed by atoms with Crippen molar-refractivity contribution in [3.63, 3.8) is 0 Å². The molecule has 3 atom stereocenters. The van der Waals surface area contributed by atoms with E-state index >= 15 is 0 Å². The molecule has 0 amide bonds. The van der Waals surface area contributed by atoms with Crippen molar-refractivity contribution in [3.05, 3.63) is 12.2 Å². The Balaban J connectivity index is 2.35. The Morgan fingerprint density at radius 3 is 2.94 bits per heavy atom. The molecule has 94 valence electrons. The van der Waals surface area contributed by atoms with Gasteiger partial charge in [0.15, 0.2) is 0 Å². The van der Waals surface area contributed by atoms with E-state index in [1.807, 2.05) is 19.1 Å². The first kappa shape index (κ1) is 13.8. The fourth-order valence-corrected chi connectivity index (χ4v) is 3.40. The van der Waals surface area contributed by atoms with E-state index in [4.69, 9.17) is 11.5 Å². The van der Waals surface area contributed by atoms with Crippen LogP contribution in [-0.4, -0.2) is 45.9 Å². The first-order valence-electron chi connectivity index (χ1n) is 5.86. The van der Waals surface area contributed by atoms with Crippen molar-refractivity contribution in [2.24, 2.45) is 11.5 Å². The smallest absolute Gasteiger partial charge is 0.0545 e. The summed E-state index contributed by atoms with van der Waals surface area (Å²) in [4.78, 5) is 2.25. The Labute approximate surface area is 101 Å². The van der Waals surface area contributed by atoms with Crippen LogP contribution >= 0.6 is 0 Å². The molecule has 4 nitrogen and oxygen atoms in total. The molecule has 1 heterocycles. The molecule has 0 aromatic carbocycles. The lowest BCUT2D eigenvalue weighted by molar-refractivity contribution is 0.209. The lowest BCUT2D eigenvalue weighted by atomic mass is 10.2. The van der Waals surface area contributed by atoms with Crippen LogP contribution in [0.25, 0.3) is 0 Å². The van der Waals surface area contributed by atoms with Crippen LogP contribution in [-0.2, 0) is 10.8 Å². The molecule has 5 heteroatoms. The Hall–Kier alpha value is -0.230. The molecule has 1 aliphatic heterocycles. The maximum Gasteiger partial charge on any atom is 0.0545 e. The van der Waals surface area contributed by atoms with Gasteiger partial charge in [0.05, 0.1) is 6.17 Å². The van der Waals surface area contributed by atoms with E-state index < -0.39 is 10.8 Å². The average Bonchev–Trinajstić information content (AvgIpc) is 2.66. The van der Waals surface area contributed by atoms with Crippen molar-refractivity contribution in [1.82, 2.24) is 4.90 Å². The van der Waals surface area contributed by atoms with Gasteiger partial charge in [-0.25, -0.2) is 0 Å². The van der Waals surface area contributed by atoms with Crippen molar-refractivity contribution in [3.8, 4) is 0 Å². The first-order valence-corrected chi connectivity index (χ1v) is 7.35. The van der Waals surface area contributed by atoms with Gasteiger partial charge in [0.1, 0.15) is 0 Å². The summed E-state index contributed by atoms with van der Waals surface area (Å²) in [7, 11) is -0.788. The minimum atomic E-state index is -0.788. The molecule has 4 N–H and O–H groups in total. The molecule has 0 aliphatic carbocycles. The van der Waals surface area contributed by atoms with E-state index in [1.54, 1.807) is 0 Å². The Bertz CT molecular complexity index is 256. The molecule has 1 fully saturated rings. The van der Waals surface area contributed by atoms with Crippen LogP contribution in [0.1, 0.15) is 19.8 Å². The molecule has 16 heavy (non-hydrogen) atoms. The summed E-state index contributed by atoms with van der Waals surface area (Å²) in [6.45, 7) is 3.56. The van der Waals surface area contributed by atoms with Gasteiger partial charge < -0.3 is 11.5 Å². The highest BCUT2D eigenvalue weighted by Gasteiger charge is 2.27. The van der Waals surface area contributed by atoms with E-state index in [0.717, 1.165) is 18.7 Å². The maximum atomic E-state index is 11.8. The minimum absolute atomic E-state index is 0.0732. The van der Waals surface area contributed by atoms with Crippen LogP contribution in [0, 0.1) is 0 Å². The fourth-order valence-electron chi connectivity index (χ4n) is 2.13. The van der Waals surface area contributed by atoms with E-state index in [0.29, 0.717) is 18.3 Å². The largest absolute Gasteiger partial charge is 0.327 e. The molecule has 0 aromatic heterocycles. The van der Waals surface area contributed by atoms with Gasteiger partial charge in [0.2, 0.25) is 0 Å². The van der Waals surface area contributed by atoms with Crippen LogP contribution in [0.4, 0.5) is 0 Å². The van der Waals surface area contributed by atoms with Crippen molar-refractivity contribution >= 4 is 10.8 Å². The highest BCUT2D eigenvalue weighted by atomic mass is 32.2. The minimum Gasteiger partial charge on any atom is -0.327 e. The molecule has 0 aromatic rings. The number of likely N-dealkylation sites (tertiary alicyclic amines) is 1. The Morgan fingerprint density at radius 1 is 1.56 bits per heavy atom. The van der Waals surface area contributed by atoms with E-state index in [2.05, 4.69) is 4.90 Å². The number of nitrogens with two attached hydrogens (primary N) is 2. The van der Waals surface area contributed by atoms with Gasteiger partial charge >= 0.3 is 0 Å². The second-order valence-electron chi connectivity index (χ2n) is 4.25. The molecule has 0 spiro atoms. The molecule has 1 rings (SSSR count). The Morgan fingerprint density at radius 2 is 2.31 bits per heavy atom. The van der Waals surface area contributed by atoms with Crippen molar-refractivity contribution in [1.29, 1.82) is 0 Å². The molecule has 0 radical (unpaired) electrons. The van der Waals surface area contributed by atoms with E-state index in [9.17, 15) is 4.21 Å². The van der Waals surface area contributed by atoms with Crippen LogP contribution in [0.15, 0.2) is 12.2 Å². The average molecular weight is 245 g/mol. The molecular formula is C11H23N3OS. The fraction of sp³-hybridized carbons (Fsp3) is 0.818. The summed E-state index contributed by atoms with van der Waals surface area (Å²) in [5.74, 6) is 1.34. The monoisotopic (exact) mass is 245 g/mol. The quantitative estimate of drug-likeness (QED) is 0.647. The van der Waals surface area contributed by atoms with Crippen molar-refractivity contribution < 1.29 is 4.21 Å². The molecule has 1 saturated heterocycles. The van der Waals surface area contributed by atoms with Gasteiger partial charge in [0.25, 0.3) is 0 Å². The molecular weight excluding hydrogens is 222 g/mol. The van der Waals surface area contributed by atoms with Gasteiger partial charge in [-0.05, 0) is 26.3 Å². The van der Waals surface area contributed by atoms with Crippen LogP contribution in [0.3, 0.4) is 0 Å². The zero-order valence-corrected chi connectivity index (χ0v) is 10.8. The SMILES string of the molecule is CC(N)N1CCCC1CS(=O)C/C=C/CN. The zero-order valence-electron chi connectivity index (χ0n) is 9.97. The number of nitrogens with zero attached hydrogens (tertiary/aromatic N) is 1. The lowest BCUT2D eigenvalue weighted by Crippen LogP contribution is -2.44. The summed E-state index contributed by atoms with van der Waals surface area (Å²) >= 11 is 0. The standard InChI is InChI=1S/C11H23N3OS/c1-10(13)14-7-4-5-11(14)9-16(15)8-3-2-6-12/h2-3,10-11H,4-9,12-13H2,1H3/b3-2+. The topological polar surface area (TPSA) is 72.3 Å². The molecule has 0 saturated carbocycles. The van der Waals surface area contributed by atoms with Crippen molar-refractivity contribution in [2.75, 3.05) is 24.6 Å². The van der Waals surface area contributed by atoms with Gasteiger partial charge in [0, 0.05) is 34.9 Å². The first-order chi connectivity index (χ1) is 7.65. The van der Waals surface area contributed by atoms with Crippen LogP contribution in [0.5, 0.6) is 0 Å². The van der Waals surface area contributed by atoms with Gasteiger partial charge in [-0.2, -0.15) is 0 Å². The third kappa shape index (κ3) is 4.33. The second kappa shape index (κ2) is 7.17. The van der Waals surface area contributed by atoms with Gasteiger partial charge in [-0.3, -0.25) is 9.11 Å².